The van der Waals surface area contributed by atoms with Gasteiger partial charge in [0.15, 0.2) is 5.82 Å². The monoisotopic (exact) mass is 341 g/mol. The van der Waals surface area contributed by atoms with Crippen molar-refractivity contribution in [3.8, 4) is 11.4 Å². The normalized spacial score (nSPS) is 17.0. The first-order valence-corrected chi connectivity index (χ1v) is 8.89. The van der Waals surface area contributed by atoms with Gasteiger partial charge in [0.1, 0.15) is 11.6 Å². The van der Waals surface area contributed by atoms with E-state index in [9.17, 15) is 0 Å². The number of anilines is 2. The van der Waals surface area contributed by atoms with Gasteiger partial charge in [-0.05, 0) is 26.9 Å². The lowest BCUT2D eigenvalue weighted by Gasteiger charge is -2.15. The van der Waals surface area contributed by atoms with E-state index >= 15 is 0 Å². The fraction of sp³-hybridized carbons (Fsp3) is 0.474. The summed E-state index contributed by atoms with van der Waals surface area (Å²) in [5.41, 5.74) is 1.01. The van der Waals surface area contributed by atoms with Crippen LogP contribution in [0.5, 0.6) is 0 Å². The Hall–Kier alpha value is -2.18. The molecule has 1 aliphatic heterocycles. The average molecular weight is 341 g/mol. The Bertz CT molecular complexity index is 656. The Morgan fingerprint density at radius 2 is 1.88 bits per heavy atom. The topological polar surface area (TPSA) is 62.3 Å². The highest BCUT2D eigenvalue weighted by Crippen LogP contribution is 2.21. The fourth-order valence-corrected chi connectivity index (χ4v) is 2.78. The summed E-state index contributed by atoms with van der Waals surface area (Å²) in [7, 11) is 4.12. The Kier molecular flexibility index (Phi) is 6.19. The molecule has 0 amide bonds. The summed E-state index contributed by atoms with van der Waals surface area (Å²) in [6.07, 6.45) is 2.53. The van der Waals surface area contributed by atoms with Crippen molar-refractivity contribution in [2.24, 2.45) is 0 Å². The number of nitrogens with zero attached hydrogens (tertiary/aromatic N) is 3. The lowest BCUT2D eigenvalue weighted by Crippen LogP contribution is -2.22. The second-order valence-electron chi connectivity index (χ2n) is 6.57. The minimum Gasteiger partial charge on any atom is -0.376 e. The molecular formula is C19H27N5O. The van der Waals surface area contributed by atoms with E-state index in [1.54, 1.807) is 0 Å². The highest BCUT2D eigenvalue weighted by molar-refractivity contribution is 5.61. The van der Waals surface area contributed by atoms with Crippen molar-refractivity contribution in [2.45, 2.75) is 18.9 Å². The van der Waals surface area contributed by atoms with Gasteiger partial charge in [-0.1, -0.05) is 30.3 Å². The molecule has 2 aromatic rings. The maximum atomic E-state index is 5.68. The zero-order chi connectivity index (χ0) is 17.5. The predicted molar refractivity (Wildman–Crippen MR) is 102 cm³/mol. The molecule has 1 atom stereocenters. The first kappa shape index (κ1) is 17.6. The smallest absolute Gasteiger partial charge is 0.163 e. The average Bonchev–Trinajstić information content (AvgIpc) is 3.14. The van der Waals surface area contributed by atoms with Crippen LogP contribution in [0.2, 0.25) is 0 Å². The lowest BCUT2D eigenvalue weighted by molar-refractivity contribution is 0.120. The van der Waals surface area contributed by atoms with Gasteiger partial charge in [0, 0.05) is 37.9 Å². The second kappa shape index (κ2) is 8.78. The molecule has 6 nitrogen and oxygen atoms in total. The van der Waals surface area contributed by atoms with Gasteiger partial charge < -0.3 is 20.3 Å². The molecule has 1 unspecified atom stereocenters. The minimum atomic E-state index is 0.278. The van der Waals surface area contributed by atoms with Crippen LogP contribution in [-0.2, 0) is 4.74 Å². The van der Waals surface area contributed by atoms with Crippen molar-refractivity contribution in [3.05, 3.63) is 36.4 Å². The van der Waals surface area contributed by atoms with Crippen LogP contribution < -0.4 is 10.6 Å². The van der Waals surface area contributed by atoms with E-state index in [2.05, 4.69) is 39.6 Å². The third-order valence-electron chi connectivity index (χ3n) is 4.16. The van der Waals surface area contributed by atoms with Crippen LogP contribution in [-0.4, -0.2) is 61.3 Å². The van der Waals surface area contributed by atoms with Gasteiger partial charge >= 0.3 is 0 Å². The molecule has 0 spiro atoms. The van der Waals surface area contributed by atoms with E-state index in [4.69, 9.17) is 4.74 Å². The van der Waals surface area contributed by atoms with Gasteiger partial charge in [-0.15, -0.1) is 0 Å². The molecule has 0 aliphatic carbocycles. The van der Waals surface area contributed by atoms with Crippen molar-refractivity contribution in [1.82, 2.24) is 14.9 Å². The molecule has 25 heavy (non-hydrogen) atoms. The van der Waals surface area contributed by atoms with E-state index in [0.29, 0.717) is 0 Å². The largest absolute Gasteiger partial charge is 0.376 e. The van der Waals surface area contributed by atoms with Gasteiger partial charge in [0.05, 0.1) is 6.10 Å². The number of aromatic nitrogens is 2. The van der Waals surface area contributed by atoms with Crippen LogP contribution in [0.1, 0.15) is 12.8 Å². The van der Waals surface area contributed by atoms with Gasteiger partial charge in [-0.3, -0.25) is 0 Å². The summed E-state index contributed by atoms with van der Waals surface area (Å²) in [4.78, 5) is 11.5. The van der Waals surface area contributed by atoms with E-state index in [-0.39, 0.29) is 6.10 Å². The molecule has 1 fully saturated rings. The van der Waals surface area contributed by atoms with Crippen LogP contribution in [0.3, 0.4) is 0 Å². The number of benzene rings is 1. The number of ether oxygens (including phenoxy) is 1. The first-order chi connectivity index (χ1) is 12.2. The van der Waals surface area contributed by atoms with Crippen LogP contribution >= 0.6 is 0 Å². The molecule has 0 radical (unpaired) electrons. The van der Waals surface area contributed by atoms with Crippen LogP contribution in [0, 0.1) is 0 Å². The van der Waals surface area contributed by atoms with Crippen LogP contribution in [0.15, 0.2) is 36.4 Å². The SMILES string of the molecule is CN(C)CCNc1cc(NCC2CCCO2)nc(-c2ccccc2)n1. The van der Waals surface area contributed by atoms with E-state index in [1.165, 1.54) is 0 Å². The standard InChI is InChI=1S/C19H27N5O/c1-24(2)11-10-20-17-13-18(21-14-16-9-6-12-25-16)23-19(22-17)15-7-4-3-5-8-15/h3-5,7-8,13,16H,6,9-12,14H2,1-2H3,(H2,20,21,22,23). The number of rotatable bonds is 8. The van der Waals surface area contributed by atoms with Gasteiger partial charge in [-0.25, -0.2) is 9.97 Å². The Labute approximate surface area is 149 Å². The molecule has 1 aromatic heterocycles. The maximum Gasteiger partial charge on any atom is 0.163 e. The summed E-state index contributed by atoms with van der Waals surface area (Å²) in [5.74, 6) is 2.40. The molecule has 6 heteroatoms. The van der Waals surface area contributed by atoms with Crippen LogP contribution in [0.4, 0.5) is 11.6 Å². The van der Waals surface area contributed by atoms with Gasteiger partial charge in [0.25, 0.3) is 0 Å². The zero-order valence-electron chi connectivity index (χ0n) is 15.0. The Morgan fingerprint density at radius 1 is 1.12 bits per heavy atom. The molecule has 0 bridgehead atoms. The highest BCUT2D eigenvalue weighted by atomic mass is 16.5. The first-order valence-electron chi connectivity index (χ1n) is 8.89. The summed E-state index contributed by atoms with van der Waals surface area (Å²) in [6, 6.07) is 12.0. The second-order valence-corrected chi connectivity index (χ2v) is 6.57. The Morgan fingerprint density at radius 3 is 2.56 bits per heavy atom. The molecular weight excluding hydrogens is 314 g/mol. The van der Waals surface area contributed by atoms with Crippen molar-refractivity contribution in [3.63, 3.8) is 0 Å². The molecule has 1 aromatic carbocycles. The number of hydrogen-bond acceptors (Lipinski definition) is 6. The molecule has 0 saturated carbocycles. The molecule has 1 aliphatic rings. The fourth-order valence-electron chi connectivity index (χ4n) is 2.78. The third-order valence-corrected chi connectivity index (χ3v) is 4.16. The lowest BCUT2D eigenvalue weighted by atomic mass is 10.2. The van der Waals surface area contributed by atoms with Crippen molar-refractivity contribution >= 4 is 11.6 Å². The molecule has 134 valence electrons. The maximum absolute atomic E-state index is 5.68. The van der Waals surface area contributed by atoms with Crippen molar-refractivity contribution < 1.29 is 4.74 Å². The number of nitrogens with one attached hydrogen (secondary N) is 2. The minimum absolute atomic E-state index is 0.278. The quantitative estimate of drug-likeness (QED) is 0.770. The molecule has 3 rings (SSSR count). The van der Waals surface area contributed by atoms with E-state index in [0.717, 1.165) is 62.1 Å². The number of likely N-dealkylation sites (N-methyl/N-ethyl adjacent to an activating group) is 1. The van der Waals surface area contributed by atoms with Crippen molar-refractivity contribution in [2.75, 3.05) is 51.0 Å². The Balaban J connectivity index is 1.75. The van der Waals surface area contributed by atoms with Crippen molar-refractivity contribution in [1.29, 1.82) is 0 Å². The van der Waals surface area contributed by atoms with Gasteiger partial charge in [-0.2, -0.15) is 0 Å². The molecule has 1 saturated heterocycles. The molecule has 2 N–H and O–H groups in total. The third kappa shape index (κ3) is 5.41. The zero-order valence-corrected chi connectivity index (χ0v) is 15.0. The summed E-state index contributed by atoms with van der Waals surface area (Å²) in [6.45, 7) is 3.43. The van der Waals surface area contributed by atoms with E-state index < -0.39 is 0 Å². The number of hydrogen-bond donors (Lipinski definition) is 2. The summed E-state index contributed by atoms with van der Waals surface area (Å²) < 4.78 is 5.68. The summed E-state index contributed by atoms with van der Waals surface area (Å²) in [5, 5.41) is 6.80. The highest BCUT2D eigenvalue weighted by Gasteiger charge is 2.15. The van der Waals surface area contributed by atoms with E-state index in [1.807, 2.05) is 36.4 Å². The predicted octanol–water partition coefficient (Wildman–Crippen LogP) is 2.71. The van der Waals surface area contributed by atoms with Gasteiger partial charge in [0.2, 0.25) is 0 Å². The molecule has 2 heterocycles. The van der Waals surface area contributed by atoms with Crippen LogP contribution in [0.25, 0.3) is 11.4 Å². The summed E-state index contributed by atoms with van der Waals surface area (Å²) >= 11 is 0.